The van der Waals surface area contributed by atoms with Gasteiger partial charge in [0.1, 0.15) is 18.9 Å². The molecule has 0 aliphatic heterocycles. The van der Waals surface area contributed by atoms with E-state index >= 15 is 0 Å². The van der Waals surface area contributed by atoms with Gasteiger partial charge in [0.2, 0.25) is 0 Å². The maximum atomic E-state index is 12.2. The first-order chi connectivity index (χ1) is 14.6. The van der Waals surface area contributed by atoms with Crippen molar-refractivity contribution in [2.75, 3.05) is 13.7 Å². The highest BCUT2D eigenvalue weighted by atomic mass is 16.5. The van der Waals surface area contributed by atoms with Gasteiger partial charge < -0.3 is 14.8 Å². The molecule has 30 heavy (non-hydrogen) atoms. The first-order valence-corrected chi connectivity index (χ1v) is 9.27. The first-order valence-electron chi connectivity index (χ1n) is 9.27. The third-order valence-corrected chi connectivity index (χ3v) is 4.46. The smallest absolute Gasteiger partial charge is 0.325 e. The highest BCUT2D eigenvalue weighted by Gasteiger charge is 2.13. The molecule has 0 spiro atoms. The van der Waals surface area contributed by atoms with Crippen LogP contribution in [0.1, 0.15) is 21.5 Å². The van der Waals surface area contributed by atoms with Crippen LogP contribution in [0.15, 0.2) is 72.8 Å². The summed E-state index contributed by atoms with van der Waals surface area (Å²) in [6, 6.07) is 23.7. The molecular formula is C24H20N2O4. The molecule has 0 fully saturated rings. The van der Waals surface area contributed by atoms with Crippen LogP contribution >= 0.6 is 0 Å². The van der Waals surface area contributed by atoms with Gasteiger partial charge in [-0.3, -0.25) is 9.59 Å². The number of hydrogen-bond acceptors (Lipinski definition) is 5. The number of nitrogens with zero attached hydrogens (tertiary/aromatic N) is 1. The van der Waals surface area contributed by atoms with Crippen LogP contribution in [0.25, 0.3) is 11.1 Å². The summed E-state index contributed by atoms with van der Waals surface area (Å²) in [6.45, 7) is -0.159. The molecule has 0 saturated heterocycles. The van der Waals surface area contributed by atoms with Crippen LogP contribution in [-0.4, -0.2) is 25.5 Å². The third-order valence-electron chi connectivity index (χ3n) is 4.46. The minimum Gasteiger partial charge on any atom is -0.496 e. The fourth-order valence-electron chi connectivity index (χ4n) is 2.91. The number of esters is 1. The number of nitrogens with one attached hydrogen (secondary N) is 1. The second-order valence-corrected chi connectivity index (χ2v) is 6.40. The van der Waals surface area contributed by atoms with E-state index < -0.39 is 11.9 Å². The average molecular weight is 400 g/mol. The van der Waals surface area contributed by atoms with E-state index in [0.29, 0.717) is 16.9 Å². The molecule has 0 saturated carbocycles. The lowest BCUT2D eigenvalue weighted by atomic mass is 9.99. The number of para-hydroxylation sites is 1. The summed E-state index contributed by atoms with van der Waals surface area (Å²) in [4.78, 5) is 24.2. The summed E-state index contributed by atoms with van der Waals surface area (Å²) >= 11 is 0. The minimum absolute atomic E-state index is 0.0868. The minimum atomic E-state index is -0.544. The van der Waals surface area contributed by atoms with Crippen molar-refractivity contribution in [2.45, 2.75) is 6.61 Å². The zero-order chi connectivity index (χ0) is 21.3. The number of methoxy groups -OCH3 is 1. The van der Waals surface area contributed by atoms with Crippen LogP contribution in [0.2, 0.25) is 0 Å². The van der Waals surface area contributed by atoms with Crippen molar-refractivity contribution in [1.82, 2.24) is 5.32 Å². The van der Waals surface area contributed by atoms with E-state index in [1.807, 2.05) is 42.5 Å². The Morgan fingerprint density at radius 2 is 1.67 bits per heavy atom. The Balaban J connectivity index is 1.52. The van der Waals surface area contributed by atoms with Crippen LogP contribution in [0.5, 0.6) is 5.75 Å². The van der Waals surface area contributed by atoms with E-state index in [2.05, 4.69) is 11.4 Å². The van der Waals surface area contributed by atoms with Gasteiger partial charge in [0.15, 0.2) is 0 Å². The Morgan fingerprint density at radius 3 is 2.40 bits per heavy atom. The summed E-state index contributed by atoms with van der Waals surface area (Å²) in [5.41, 5.74) is 3.51. The molecule has 0 bridgehead atoms. The van der Waals surface area contributed by atoms with Gasteiger partial charge in [-0.1, -0.05) is 54.6 Å². The van der Waals surface area contributed by atoms with Gasteiger partial charge in [0, 0.05) is 0 Å². The summed E-state index contributed by atoms with van der Waals surface area (Å²) in [7, 11) is 1.48. The SMILES string of the molecule is COc1ccccc1C(=O)NCC(=O)OCc1ccc(-c2ccccc2C#N)cc1. The Hall–Kier alpha value is -4.11. The summed E-state index contributed by atoms with van der Waals surface area (Å²) in [5.74, 6) is -0.525. The van der Waals surface area contributed by atoms with Crippen LogP contribution in [0.4, 0.5) is 0 Å². The van der Waals surface area contributed by atoms with Crippen molar-refractivity contribution >= 4 is 11.9 Å². The number of amides is 1. The average Bonchev–Trinajstić information content (AvgIpc) is 2.81. The van der Waals surface area contributed by atoms with Gasteiger partial charge in [-0.15, -0.1) is 0 Å². The Bertz CT molecular complexity index is 1080. The lowest BCUT2D eigenvalue weighted by Gasteiger charge is -2.10. The number of carbonyl (C=O) groups is 2. The third kappa shape index (κ3) is 5.03. The normalized spacial score (nSPS) is 10.0. The topological polar surface area (TPSA) is 88.4 Å². The van der Waals surface area contributed by atoms with E-state index in [1.54, 1.807) is 30.3 Å². The molecule has 3 aromatic carbocycles. The lowest BCUT2D eigenvalue weighted by molar-refractivity contribution is -0.143. The lowest BCUT2D eigenvalue weighted by Crippen LogP contribution is -2.30. The van der Waals surface area contributed by atoms with Gasteiger partial charge in [-0.2, -0.15) is 5.26 Å². The van der Waals surface area contributed by atoms with Gasteiger partial charge >= 0.3 is 5.97 Å². The van der Waals surface area contributed by atoms with Crippen LogP contribution < -0.4 is 10.1 Å². The Morgan fingerprint density at radius 1 is 0.967 bits per heavy atom. The van der Waals surface area contributed by atoms with Gasteiger partial charge in [-0.05, 0) is 34.9 Å². The summed E-state index contributed by atoms with van der Waals surface area (Å²) < 4.78 is 10.4. The zero-order valence-electron chi connectivity index (χ0n) is 16.4. The molecule has 3 aromatic rings. The van der Waals surface area contributed by atoms with Crippen LogP contribution in [0, 0.1) is 11.3 Å². The molecule has 0 atom stereocenters. The van der Waals surface area contributed by atoms with E-state index in [4.69, 9.17) is 9.47 Å². The molecule has 0 aromatic heterocycles. The number of carbonyl (C=O) groups excluding carboxylic acids is 2. The molecule has 1 N–H and O–H groups in total. The molecule has 0 radical (unpaired) electrons. The number of benzene rings is 3. The highest BCUT2D eigenvalue weighted by molar-refractivity contribution is 5.98. The monoisotopic (exact) mass is 400 g/mol. The first kappa shape index (κ1) is 20.6. The van der Waals surface area contributed by atoms with E-state index in [0.717, 1.165) is 16.7 Å². The molecule has 3 rings (SSSR count). The van der Waals surface area contributed by atoms with E-state index in [9.17, 15) is 14.9 Å². The molecule has 150 valence electrons. The van der Waals surface area contributed by atoms with E-state index in [-0.39, 0.29) is 13.2 Å². The zero-order valence-corrected chi connectivity index (χ0v) is 16.4. The number of hydrogen-bond donors (Lipinski definition) is 1. The van der Waals surface area contributed by atoms with Crippen molar-refractivity contribution < 1.29 is 19.1 Å². The standard InChI is InChI=1S/C24H20N2O4/c1-29-22-9-5-4-8-21(22)24(28)26-15-23(27)30-16-17-10-12-18(13-11-17)20-7-3-2-6-19(20)14-25/h2-13H,15-16H2,1H3,(H,26,28). The molecule has 0 heterocycles. The molecule has 6 heteroatoms. The van der Waals surface area contributed by atoms with Crippen molar-refractivity contribution in [1.29, 1.82) is 5.26 Å². The quantitative estimate of drug-likeness (QED) is 0.611. The largest absolute Gasteiger partial charge is 0.496 e. The van der Waals surface area contributed by atoms with Gasteiger partial charge in [0.25, 0.3) is 5.91 Å². The van der Waals surface area contributed by atoms with Crippen molar-refractivity contribution in [3.63, 3.8) is 0 Å². The van der Waals surface area contributed by atoms with Crippen molar-refractivity contribution in [3.05, 3.63) is 89.5 Å². The maximum absolute atomic E-state index is 12.2. The fraction of sp³-hybridized carbons (Fsp3) is 0.125. The maximum Gasteiger partial charge on any atom is 0.325 e. The van der Waals surface area contributed by atoms with Gasteiger partial charge in [-0.25, -0.2) is 0 Å². The Labute approximate surface area is 174 Å². The van der Waals surface area contributed by atoms with Crippen molar-refractivity contribution in [2.24, 2.45) is 0 Å². The van der Waals surface area contributed by atoms with Crippen molar-refractivity contribution in [3.8, 4) is 22.9 Å². The predicted molar refractivity (Wildman–Crippen MR) is 112 cm³/mol. The second-order valence-electron chi connectivity index (χ2n) is 6.40. The number of rotatable bonds is 7. The van der Waals surface area contributed by atoms with Crippen LogP contribution in [-0.2, 0) is 16.1 Å². The number of ether oxygens (including phenoxy) is 2. The van der Waals surface area contributed by atoms with E-state index in [1.165, 1.54) is 7.11 Å². The molecular weight excluding hydrogens is 380 g/mol. The van der Waals surface area contributed by atoms with Gasteiger partial charge in [0.05, 0.1) is 24.3 Å². The fourth-order valence-corrected chi connectivity index (χ4v) is 2.91. The molecule has 0 unspecified atom stereocenters. The molecule has 6 nitrogen and oxygen atoms in total. The Kier molecular flexibility index (Phi) is 6.80. The predicted octanol–water partition coefficient (Wildman–Crippen LogP) is 3.71. The molecule has 0 aliphatic carbocycles. The van der Waals surface area contributed by atoms with Crippen LogP contribution in [0.3, 0.4) is 0 Å². The highest BCUT2D eigenvalue weighted by Crippen LogP contribution is 2.23. The molecule has 1 amide bonds. The second kappa shape index (κ2) is 9.89. The molecule has 0 aliphatic rings. The summed E-state index contributed by atoms with van der Waals surface area (Å²) in [5, 5.41) is 11.8. The summed E-state index contributed by atoms with van der Waals surface area (Å²) in [6.07, 6.45) is 0. The number of nitriles is 1.